The minimum Gasteiger partial charge on any atom is -0.397 e. The lowest BCUT2D eigenvalue weighted by Crippen LogP contribution is -2.04. The molecule has 108 valence electrons. The number of aromatic nitrogens is 3. The van der Waals surface area contributed by atoms with E-state index in [2.05, 4.69) is 10.1 Å². The monoisotopic (exact) mass is 292 g/mol. The van der Waals surface area contributed by atoms with Crippen molar-refractivity contribution in [2.45, 2.75) is 12.6 Å². The van der Waals surface area contributed by atoms with Gasteiger partial charge in [0.25, 0.3) is 0 Å². The zero-order chi connectivity index (χ0) is 15.0. The third-order valence-corrected chi connectivity index (χ3v) is 3.04. The van der Waals surface area contributed by atoms with Crippen LogP contribution in [0.2, 0.25) is 0 Å². The molecule has 0 amide bonds. The van der Waals surface area contributed by atoms with Crippen molar-refractivity contribution < 1.29 is 13.2 Å². The number of hydrogen-bond donors (Lipinski definition) is 1. The molecule has 2 N–H and O–H groups in total. The van der Waals surface area contributed by atoms with Crippen molar-refractivity contribution >= 4 is 11.3 Å². The summed E-state index contributed by atoms with van der Waals surface area (Å²) in [6, 6.07) is 8.43. The number of anilines is 1. The van der Waals surface area contributed by atoms with E-state index in [-0.39, 0.29) is 0 Å². The molecule has 21 heavy (non-hydrogen) atoms. The summed E-state index contributed by atoms with van der Waals surface area (Å²) in [6.45, 7) is 0. The van der Waals surface area contributed by atoms with Gasteiger partial charge in [0, 0.05) is 6.42 Å². The highest BCUT2D eigenvalue weighted by molar-refractivity contribution is 5.46. The predicted octanol–water partition coefficient (Wildman–Crippen LogP) is 2.92. The molecule has 0 unspecified atom stereocenters. The summed E-state index contributed by atoms with van der Waals surface area (Å²) in [6.07, 6.45) is -2.32. The van der Waals surface area contributed by atoms with E-state index in [1.54, 1.807) is 22.8 Å². The van der Waals surface area contributed by atoms with Crippen LogP contribution in [-0.2, 0) is 12.6 Å². The SMILES string of the molecule is Nc1ccc2nc(Cc3ccc(C(F)(F)F)cc3)nn2c1. The molecule has 3 rings (SSSR count). The molecule has 0 aliphatic heterocycles. The molecule has 0 atom stereocenters. The number of rotatable bonds is 2. The average molecular weight is 292 g/mol. The van der Waals surface area contributed by atoms with E-state index >= 15 is 0 Å². The van der Waals surface area contributed by atoms with E-state index in [9.17, 15) is 13.2 Å². The Balaban J connectivity index is 1.84. The number of pyridine rings is 1. The molecule has 0 bridgehead atoms. The van der Waals surface area contributed by atoms with Crippen molar-refractivity contribution in [3.05, 3.63) is 59.5 Å². The summed E-state index contributed by atoms with van der Waals surface area (Å²) in [5, 5.41) is 4.24. The molecule has 0 saturated heterocycles. The van der Waals surface area contributed by atoms with Crippen molar-refractivity contribution in [2.75, 3.05) is 5.73 Å². The third-order valence-electron chi connectivity index (χ3n) is 3.04. The standard InChI is InChI=1S/C14H11F3N4/c15-14(16,17)10-3-1-9(2-4-10)7-12-19-13-6-5-11(18)8-21(13)20-12/h1-6,8H,7,18H2. The molecule has 7 heteroatoms. The van der Waals surface area contributed by atoms with Gasteiger partial charge in [-0.3, -0.25) is 0 Å². The molecule has 0 radical (unpaired) electrons. The van der Waals surface area contributed by atoms with E-state index in [1.807, 2.05) is 0 Å². The minimum atomic E-state index is -4.32. The Kier molecular flexibility index (Phi) is 3.04. The fraction of sp³-hybridized carbons (Fsp3) is 0.143. The Hall–Kier alpha value is -2.57. The van der Waals surface area contributed by atoms with Crippen LogP contribution >= 0.6 is 0 Å². The maximum Gasteiger partial charge on any atom is 0.416 e. The summed E-state index contributed by atoms with van der Waals surface area (Å²) < 4.78 is 39.0. The smallest absolute Gasteiger partial charge is 0.397 e. The molecule has 0 saturated carbocycles. The van der Waals surface area contributed by atoms with Crippen molar-refractivity contribution in [1.29, 1.82) is 0 Å². The number of hydrogen-bond acceptors (Lipinski definition) is 3. The molecule has 1 aromatic carbocycles. The zero-order valence-corrected chi connectivity index (χ0v) is 10.8. The van der Waals surface area contributed by atoms with Gasteiger partial charge < -0.3 is 5.73 Å². The number of halogens is 3. The first-order valence-electron chi connectivity index (χ1n) is 6.19. The average Bonchev–Trinajstić information content (AvgIpc) is 2.79. The largest absolute Gasteiger partial charge is 0.416 e. The van der Waals surface area contributed by atoms with Crippen LogP contribution in [0.1, 0.15) is 17.0 Å². The minimum absolute atomic E-state index is 0.361. The van der Waals surface area contributed by atoms with Crippen molar-refractivity contribution in [2.24, 2.45) is 0 Å². The van der Waals surface area contributed by atoms with Gasteiger partial charge >= 0.3 is 6.18 Å². The Labute approximate surface area is 118 Å². The highest BCUT2D eigenvalue weighted by atomic mass is 19.4. The van der Waals surface area contributed by atoms with Crippen LogP contribution in [0.3, 0.4) is 0 Å². The van der Waals surface area contributed by atoms with Gasteiger partial charge in [0.15, 0.2) is 11.5 Å². The van der Waals surface area contributed by atoms with E-state index in [1.165, 1.54) is 12.1 Å². The molecular formula is C14H11F3N4. The number of nitrogens with zero attached hydrogens (tertiary/aromatic N) is 3. The van der Waals surface area contributed by atoms with E-state index in [0.29, 0.717) is 29.1 Å². The van der Waals surface area contributed by atoms with Gasteiger partial charge in [0.05, 0.1) is 17.4 Å². The Bertz CT molecular complexity index is 775. The molecule has 3 aromatic rings. The third kappa shape index (κ3) is 2.81. The molecule has 0 spiro atoms. The van der Waals surface area contributed by atoms with E-state index in [4.69, 9.17) is 5.73 Å². The van der Waals surface area contributed by atoms with Crippen molar-refractivity contribution in [1.82, 2.24) is 14.6 Å². The topological polar surface area (TPSA) is 56.2 Å². The normalized spacial score (nSPS) is 12.0. The molecule has 4 nitrogen and oxygen atoms in total. The van der Waals surface area contributed by atoms with Gasteiger partial charge in [-0.25, -0.2) is 9.50 Å². The van der Waals surface area contributed by atoms with Crippen LogP contribution in [0.4, 0.5) is 18.9 Å². The molecule has 0 fully saturated rings. The fourth-order valence-electron chi connectivity index (χ4n) is 2.01. The predicted molar refractivity (Wildman–Crippen MR) is 71.6 cm³/mol. The van der Waals surface area contributed by atoms with Gasteiger partial charge in [-0.15, -0.1) is 0 Å². The first-order chi connectivity index (χ1) is 9.91. The van der Waals surface area contributed by atoms with Gasteiger partial charge in [0.1, 0.15) is 0 Å². The molecule has 0 aliphatic carbocycles. The van der Waals surface area contributed by atoms with E-state index < -0.39 is 11.7 Å². The van der Waals surface area contributed by atoms with Crippen LogP contribution in [0.25, 0.3) is 5.65 Å². The molecule has 2 heterocycles. The molecule has 0 aliphatic rings. The second kappa shape index (κ2) is 4.76. The maximum atomic E-state index is 12.5. The lowest BCUT2D eigenvalue weighted by Gasteiger charge is -2.06. The number of benzene rings is 1. The quantitative estimate of drug-likeness (QED) is 0.790. The van der Waals surface area contributed by atoms with Crippen LogP contribution in [-0.4, -0.2) is 14.6 Å². The molecule has 2 aromatic heterocycles. The second-order valence-corrected chi connectivity index (χ2v) is 4.66. The first kappa shape index (κ1) is 13.4. The van der Waals surface area contributed by atoms with Crippen LogP contribution < -0.4 is 5.73 Å². The lowest BCUT2D eigenvalue weighted by molar-refractivity contribution is -0.137. The molecular weight excluding hydrogens is 281 g/mol. The van der Waals surface area contributed by atoms with Crippen LogP contribution in [0.15, 0.2) is 42.6 Å². The van der Waals surface area contributed by atoms with Crippen LogP contribution in [0, 0.1) is 0 Å². The summed E-state index contributed by atoms with van der Waals surface area (Å²) in [5.74, 6) is 0.528. The van der Waals surface area contributed by atoms with Crippen LogP contribution in [0.5, 0.6) is 0 Å². The maximum absolute atomic E-state index is 12.5. The van der Waals surface area contributed by atoms with E-state index in [0.717, 1.165) is 12.1 Å². The highest BCUT2D eigenvalue weighted by Crippen LogP contribution is 2.29. The Morgan fingerprint density at radius 1 is 1.05 bits per heavy atom. The zero-order valence-electron chi connectivity index (χ0n) is 10.8. The fourth-order valence-corrected chi connectivity index (χ4v) is 2.01. The van der Waals surface area contributed by atoms with Crippen molar-refractivity contribution in [3.63, 3.8) is 0 Å². The van der Waals surface area contributed by atoms with Gasteiger partial charge in [-0.2, -0.15) is 18.3 Å². The van der Waals surface area contributed by atoms with Gasteiger partial charge in [-0.1, -0.05) is 12.1 Å². The Morgan fingerprint density at radius 2 is 1.76 bits per heavy atom. The van der Waals surface area contributed by atoms with Gasteiger partial charge in [0.2, 0.25) is 0 Å². The number of fused-ring (bicyclic) bond motifs is 1. The lowest BCUT2D eigenvalue weighted by atomic mass is 10.1. The van der Waals surface area contributed by atoms with Gasteiger partial charge in [-0.05, 0) is 29.8 Å². The summed E-state index contributed by atoms with van der Waals surface area (Å²) >= 11 is 0. The number of nitrogens with two attached hydrogens (primary N) is 1. The summed E-state index contributed by atoms with van der Waals surface area (Å²) in [7, 11) is 0. The second-order valence-electron chi connectivity index (χ2n) is 4.66. The Morgan fingerprint density at radius 3 is 2.43 bits per heavy atom. The number of nitrogen functional groups attached to an aromatic ring is 1. The van der Waals surface area contributed by atoms with Crippen molar-refractivity contribution in [3.8, 4) is 0 Å². The number of alkyl halides is 3. The first-order valence-corrected chi connectivity index (χ1v) is 6.19. The highest BCUT2D eigenvalue weighted by Gasteiger charge is 2.29. The summed E-state index contributed by atoms with van der Waals surface area (Å²) in [4.78, 5) is 4.29. The summed E-state index contributed by atoms with van der Waals surface area (Å²) in [5.41, 5.74) is 6.91.